The Morgan fingerprint density at radius 1 is 1.10 bits per heavy atom. The molecule has 0 aliphatic carbocycles. The third kappa shape index (κ3) is 4.41. The number of hydrogen-bond donors (Lipinski definition) is 1. The predicted molar refractivity (Wildman–Crippen MR) is 119 cm³/mol. The van der Waals surface area contributed by atoms with Gasteiger partial charge in [-0.2, -0.15) is 0 Å². The number of nitrogens with one attached hydrogen (secondary N) is 1. The molecule has 7 nitrogen and oxygen atoms in total. The smallest absolute Gasteiger partial charge is 0.233 e. The van der Waals surface area contributed by atoms with E-state index in [0.717, 1.165) is 10.3 Å². The number of aromatic nitrogens is 1. The summed E-state index contributed by atoms with van der Waals surface area (Å²) in [6.45, 7) is 3.52. The Labute approximate surface area is 180 Å². The zero-order chi connectivity index (χ0) is 21.9. The number of carbonyl (C=O) groups excluding carboxylic acids is 1. The zero-order valence-corrected chi connectivity index (χ0v) is 18.9. The van der Waals surface area contributed by atoms with Gasteiger partial charge in [0.15, 0.2) is 26.5 Å². The van der Waals surface area contributed by atoms with Crippen molar-refractivity contribution in [3.8, 4) is 11.5 Å². The van der Waals surface area contributed by atoms with Crippen molar-refractivity contribution in [3.63, 3.8) is 0 Å². The summed E-state index contributed by atoms with van der Waals surface area (Å²) in [6.07, 6.45) is 0.568. The number of anilines is 1. The first-order valence-corrected chi connectivity index (χ1v) is 12.0. The van der Waals surface area contributed by atoms with E-state index in [1.54, 1.807) is 51.5 Å². The van der Waals surface area contributed by atoms with Crippen molar-refractivity contribution < 1.29 is 22.7 Å². The highest BCUT2D eigenvalue weighted by molar-refractivity contribution is 7.91. The minimum atomic E-state index is -3.27. The van der Waals surface area contributed by atoms with Crippen LogP contribution in [-0.4, -0.2) is 39.3 Å². The monoisotopic (exact) mass is 448 g/mol. The van der Waals surface area contributed by atoms with Crippen molar-refractivity contribution in [2.75, 3.05) is 25.3 Å². The number of fused-ring (bicyclic) bond motifs is 1. The van der Waals surface area contributed by atoms with Crippen LogP contribution < -0.4 is 14.8 Å². The maximum atomic E-state index is 12.9. The molecule has 0 spiro atoms. The lowest BCUT2D eigenvalue weighted by atomic mass is 9.96. The minimum absolute atomic E-state index is 0.0389. The predicted octanol–water partition coefficient (Wildman–Crippen LogP) is 4.24. The number of hydrogen-bond acceptors (Lipinski definition) is 7. The average Bonchev–Trinajstić information content (AvgIpc) is 3.14. The summed E-state index contributed by atoms with van der Waals surface area (Å²) in [7, 11) is -0.149. The minimum Gasteiger partial charge on any atom is -0.493 e. The van der Waals surface area contributed by atoms with E-state index in [1.807, 2.05) is 13.0 Å². The summed E-state index contributed by atoms with van der Waals surface area (Å²) < 4.78 is 35.5. The second-order valence-corrected chi connectivity index (χ2v) is 9.93. The van der Waals surface area contributed by atoms with E-state index in [4.69, 9.17) is 9.47 Å². The highest BCUT2D eigenvalue weighted by Gasteiger charge is 2.21. The molecular weight excluding hydrogens is 424 g/mol. The van der Waals surface area contributed by atoms with Gasteiger partial charge in [0.25, 0.3) is 0 Å². The van der Waals surface area contributed by atoms with Crippen LogP contribution >= 0.6 is 11.3 Å². The molecule has 3 aromatic rings. The fourth-order valence-corrected chi connectivity index (χ4v) is 4.91. The van der Waals surface area contributed by atoms with Crippen molar-refractivity contribution in [2.24, 2.45) is 0 Å². The summed E-state index contributed by atoms with van der Waals surface area (Å²) in [6, 6.07) is 10.1. The van der Waals surface area contributed by atoms with Gasteiger partial charge in [-0.1, -0.05) is 37.3 Å². The summed E-state index contributed by atoms with van der Waals surface area (Å²) in [5, 5.41) is 3.36. The molecule has 1 aromatic heterocycles. The molecule has 0 aliphatic heterocycles. The molecule has 9 heteroatoms. The van der Waals surface area contributed by atoms with E-state index in [0.29, 0.717) is 28.6 Å². The second kappa shape index (κ2) is 9.01. The van der Waals surface area contributed by atoms with Gasteiger partial charge in [-0.05, 0) is 24.1 Å². The molecule has 0 saturated heterocycles. The van der Waals surface area contributed by atoms with Crippen LogP contribution in [0, 0.1) is 0 Å². The SMILES string of the molecule is CCC(C(=O)Nc1nc2cc(OC)c(OC)cc2s1)c1ccc(S(=O)(=O)CC)cc1. The second-order valence-electron chi connectivity index (χ2n) is 6.62. The van der Waals surface area contributed by atoms with Crippen molar-refractivity contribution in [1.82, 2.24) is 4.98 Å². The molecule has 2 aromatic carbocycles. The van der Waals surface area contributed by atoms with Gasteiger partial charge in [-0.3, -0.25) is 4.79 Å². The standard InChI is InChI=1S/C21H24N2O5S2/c1-5-15(13-7-9-14(10-8-13)30(25,26)6-2)20(24)23-21-22-16-11-17(27-3)18(28-4)12-19(16)29-21/h7-12,15H,5-6H2,1-4H3,(H,22,23,24). The lowest BCUT2D eigenvalue weighted by Crippen LogP contribution is -2.20. The van der Waals surface area contributed by atoms with Gasteiger partial charge < -0.3 is 14.8 Å². The molecule has 0 aliphatic rings. The van der Waals surface area contributed by atoms with Crippen molar-refractivity contribution in [2.45, 2.75) is 31.1 Å². The molecule has 1 atom stereocenters. The quantitative estimate of drug-likeness (QED) is 0.554. The van der Waals surface area contributed by atoms with Crippen LogP contribution in [0.25, 0.3) is 10.2 Å². The van der Waals surface area contributed by atoms with Gasteiger partial charge in [0.2, 0.25) is 5.91 Å². The third-order valence-electron chi connectivity index (χ3n) is 4.87. The number of benzene rings is 2. The fraction of sp³-hybridized carbons (Fsp3) is 0.333. The van der Waals surface area contributed by atoms with Crippen LogP contribution in [0.15, 0.2) is 41.3 Å². The Hall–Kier alpha value is -2.65. The van der Waals surface area contributed by atoms with Crippen LogP contribution in [0.4, 0.5) is 5.13 Å². The van der Waals surface area contributed by atoms with Crippen molar-refractivity contribution in [3.05, 3.63) is 42.0 Å². The molecule has 0 radical (unpaired) electrons. The summed E-state index contributed by atoms with van der Waals surface area (Å²) in [5.41, 5.74) is 1.46. The highest BCUT2D eigenvalue weighted by atomic mass is 32.2. The third-order valence-corrected chi connectivity index (χ3v) is 7.55. The maximum Gasteiger partial charge on any atom is 0.233 e. The number of thiazole rings is 1. The van der Waals surface area contributed by atoms with Crippen LogP contribution in [0.3, 0.4) is 0 Å². The topological polar surface area (TPSA) is 94.6 Å². The maximum absolute atomic E-state index is 12.9. The molecule has 3 rings (SSSR count). The van der Waals surface area contributed by atoms with E-state index in [-0.39, 0.29) is 16.6 Å². The first-order chi connectivity index (χ1) is 14.3. The van der Waals surface area contributed by atoms with E-state index in [2.05, 4.69) is 10.3 Å². The van der Waals surface area contributed by atoms with Gasteiger partial charge >= 0.3 is 0 Å². The first kappa shape index (κ1) is 22.0. The molecule has 0 fully saturated rings. The largest absolute Gasteiger partial charge is 0.493 e. The number of methoxy groups -OCH3 is 2. The Balaban J connectivity index is 1.83. The Kier molecular flexibility index (Phi) is 6.62. The normalized spacial score (nSPS) is 12.5. The van der Waals surface area contributed by atoms with Crippen molar-refractivity contribution in [1.29, 1.82) is 0 Å². The molecule has 0 bridgehead atoms. The highest BCUT2D eigenvalue weighted by Crippen LogP contribution is 2.36. The number of carbonyl (C=O) groups is 1. The fourth-order valence-electron chi connectivity index (χ4n) is 3.15. The summed E-state index contributed by atoms with van der Waals surface area (Å²) in [4.78, 5) is 17.6. The number of amides is 1. The van der Waals surface area contributed by atoms with Crippen molar-refractivity contribution >= 4 is 42.4 Å². The van der Waals surface area contributed by atoms with E-state index in [1.165, 1.54) is 11.3 Å². The van der Waals surface area contributed by atoms with Gasteiger partial charge in [0.1, 0.15) is 0 Å². The van der Waals surface area contributed by atoms with Gasteiger partial charge in [-0.15, -0.1) is 0 Å². The van der Waals surface area contributed by atoms with E-state index >= 15 is 0 Å². The molecule has 160 valence electrons. The van der Waals surface area contributed by atoms with E-state index < -0.39 is 15.8 Å². The van der Waals surface area contributed by atoms with Crippen LogP contribution in [-0.2, 0) is 14.6 Å². The molecule has 1 heterocycles. The number of ether oxygens (including phenoxy) is 2. The van der Waals surface area contributed by atoms with Crippen LogP contribution in [0.1, 0.15) is 31.7 Å². The lowest BCUT2D eigenvalue weighted by Gasteiger charge is -2.14. The van der Waals surface area contributed by atoms with Gasteiger partial charge in [0, 0.05) is 12.1 Å². The number of rotatable bonds is 8. The lowest BCUT2D eigenvalue weighted by molar-refractivity contribution is -0.117. The first-order valence-electron chi connectivity index (χ1n) is 9.49. The Bertz CT molecular complexity index is 1110. The van der Waals surface area contributed by atoms with Gasteiger partial charge in [0.05, 0.1) is 41.0 Å². The van der Waals surface area contributed by atoms with E-state index in [9.17, 15) is 13.2 Å². The number of nitrogens with zero attached hydrogens (tertiary/aromatic N) is 1. The molecule has 0 saturated carbocycles. The zero-order valence-electron chi connectivity index (χ0n) is 17.3. The molecule has 1 amide bonds. The van der Waals surface area contributed by atoms with Crippen LogP contribution in [0.2, 0.25) is 0 Å². The molecular formula is C21H24N2O5S2. The van der Waals surface area contributed by atoms with Crippen LogP contribution in [0.5, 0.6) is 11.5 Å². The molecule has 1 unspecified atom stereocenters. The molecule has 30 heavy (non-hydrogen) atoms. The van der Waals surface area contributed by atoms with Gasteiger partial charge in [-0.25, -0.2) is 13.4 Å². The number of sulfone groups is 1. The molecule has 1 N–H and O–H groups in total. The average molecular weight is 449 g/mol. The Morgan fingerprint density at radius 3 is 2.30 bits per heavy atom. The summed E-state index contributed by atoms with van der Waals surface area (Å²) in [5.74, 6) is 0.597. The Morgan fingerprint density at radius 2 is 1.73 bits per heavy atom. The summed E-state index contributed by atoms with van der Waals surface area (Å²) >= 11 is 1.35.